The summed E-state index contributed by atoms with van der Waals surface area (Å²) < 4.78 is 11.9. The molecule has 0 spiro atoms. The van der Waals surface area contributed by atoms with Crippen LogP contribution in [0.1, 0.15) is 12.1 Å². The molecule has 2 heterocycles. The number of nitrogens with zero attached hydrogens (tertiary/aromatic N) is 2. The summed E-state index contributed by atoms with van der Waals surface area (Å²) in [4.78, 5) is 0. The first kappa shape index (κ1) is 9.73. The highest BCUT2D eigenvalue weighted by Crippen LogP contribution is 2.13. The van der Waals surface area contributed by atoms with Crippen LogP contribution in [-0.4, -0.2) is 32.7 Å². The minimum Gasteiger partial charge on any atom is -0.315 e. The molecule has 0 amide bonds. The van der Waals surface area contributed by atoms with Gasteiger partial charge in [0.2, 0.25) is 0 Å². The third-order valence-electron chi connectivity index (χ3n) is 2.30. The van der Waals surface area contributed by atoms with Crippen LogP contribution in [0.25, 0.3) is 0 Å². The Labute approximate surface area is 85.6 Å². The lowest BCUT2D eigenvalue weighted by Gasteiger charge is -2.06. The van der Waals surface area contributed by atoms with Crippen molar-refractivity contribution in [3.05, 3.63) is 17.8 Å². The van der Waals surface area contributed by atoms with Crippen LogP contribution in [0.5, 0.6) is 0 Å². The molecule has 5 heteroatoms. The van der Waals surface area contributed by atoms with E-state index in [0.717, 1.165) is 25.2 Å². The van der Waals surface area contributed by atoms with Gasteiger partial charge in [0.15, 0.2) is 0 Å². The Balaban J connectivity index is 2.14. The lowest BCUT2D eigenvalue weighted by molar-refractivity contribution is 0.666. The van der Waals surface area contributed by atoms with Crippen molar-refractivity contribution in [2.45, 2.75) is 23.6 Å². The number of nitrogens with one attached hydrogen (secondary N) is 1. The van der Waals surface area contributed by atoms with Gasteiger partial charge in [-0.3, -0.25) is 4.21 Å². The van der Waals surface area contributed by atoms with Gasteiger partial charge in [-0.25, -0.2) is 0 Å². The number of aromatic nitrogens is 2. The summed E-state index contributed by atoms with van der Waals surface area (Å²) in [5, 5.41) is 11.8. The van der Waals surface area contributed by atoms with Gasteiger partial charge in [0, 0.05) is 6.54 Å². The Morgan fingerprint density at radius 3 is 2.93 bits per heavy atom. The van der Waals surface area contributed by atoms with Crippen LogP contribution in [0.4, 0.5) is 0 Å². The number of aryl methyl sites for hydroxylation is 1. The molecule has 1 aliphatic heterocycles. The van der Waals surface area contributed by atoms with Crippen LogP contribution in [-0.2, 0) is 10.8 Å². The predicted octanol–water partition coefficient (Wildman–Crippen LogP) is 0.255. The van der Waals surface area contributed by atoms with Crippen LogP contribution < -0.4 is 5.32 Å². The van der Waals surface area contributed by atoms with Gasteiger partial charge in [-0.05, 0) is 32.0 Å². The molecule has 2 unspecified atom stereocenters. The zero-order chi connectivity index (χ0) is 9.97. The maximum atomic E-state index is 11.9. The maximum Gasteiger partial charge on any atom is 0.150 e. The van der Waals surface area contributed by atoms with Gasteiger partial charge in [-0.2, -0.15) is 5.10 Å². The lowest BCUT2D eigenvalue weighted by Crippen LogP contribution is -2.19. The predicted molar refractivity (Wildman–Crippen MR) is 54.5 cm³/mol. The summed E-state index contributed by atoms with van der Waals surface area (Å²) in [5.41, 5.74) is 0.857. The zero-order valence-corrected chi connectivity index (χ0v) is 8.88. The van der Waals surface area contributed by atoms with Crippen molar-refractivity contribution >= 4 is 10.8 Å². The van der Waals surface area contributed by atoms with Gasteiger partial charge in [0.1, 0.15) is 5.03 Å². The fourth-order valence-corrected chi connectivity index (χ4v) is 2.74. The SMILES string of the molecule is Cc1ccc(S(=O)C2CCNC2)nn1. The molecular formula is C9H13N3OS. The molecule has 76 valence electrons. The van der Waals surface area contributed by atoms with E-state index in [9.17, 15) is 4.21 Å². The largest absolute Gasteiger partial charge is 0.315 e. The summed E-state index contributed by atoms with van der Waals surface area (Å²) >= 11 is 0. The van der Waals surface area contributed by atoms with Crippen molar-refractivity contribution in [3.8, 4) is 0 Å². The first-order chi connectivity index (χ1) is 6.77. The van der Waals surface area contributed by atoms with Crippen molar-refractivity contribution in [1.82, 2.24) is 15.5 Å². The molecule has 1 fully saturated rings. The van der Waals surface area contributed by atoms with Crippen LogP contribution in [0, 0.1) is 6.92 Å². The van der Waals surface area contributed by atoms with E-state index < -0.39 is 10.8 Å². The Hall–Kier alpha value is -0.810. The van der Waals surface area contributed by atoms with E-state index in [0.29, 0.717) is 5.03 Å². The molecule has 2 atom stereocenters. The zero-order valence-electron chi connectivity index (χ0n) is 8.06. The molecule has 0 aliphatic carbocycles. The van der Waals surface area contributed by atoms with E-state index in [1.54, 1.807) is 6.07 Å². The Morgan fingerprint density at radius 1 is 1.50 bits per heavy atom. The second kappa shape index (κ2) is 4.14. The Kier molecular flexibility index (Phi) is 2.88. The molecule has 2 rings (SSSR count). The van der Waals surface area contributed by atoms with Gasteiger partial charge >= 0.3 is 0 Å². The number of rotatable bonds is 2. The van der Waals surface area contributed by atoms with Crippen molar-refractivity contribution < 1.29 is 4.21 Å². The molecule has 1 aliphatic rings. The molecule has 1 aromatic heterocycles. The van der Waals surface area contributed by atoms with Crippen molar-refractivity contribution in [3.63, 3.8) is 0 Å². The van der Waals surface area contributed by atoms with Gasteiger partial charge < -0.3 is 5.32 Å². The summed E-state index contributed by atoms with van der Waals surface area (Å²) in [6.07, 6.45) is 0.960. The van der Waals surface area contributed by atoms with E-state index in [2.05, 4.69) is 15.5 Å². The second-order valence-corrected chi connectivity index (χ2v) is 5.10. The molecule has 1 aromatic rings. The molecule has 1 saturated heterocycles. The van der Waals surface area contributed by atoms with Crippen LogP contribution in [0.2, 0.25) is 0 Å². The molecule has 0 aromatic carbocycles. The average Bonchev–Trinajstić information content (AvgIpc) is 2.71. The quantitative estimate of drug-likeness (QED) is 0.762. The standard InChI is InChI=1S/C9H13N3OS/c1-7-2-3-9(12-11-7)14(13)8-4-5-10-6-8/h2-3,8,10H,4-6H2,1H3. The van der Waals surface area contributed by atoms with E-state index in [1.165, 1.54) is 0 Å². The molecular weight excluding hydrogens is 198 g/mol. The molecule has 0 radical (unpaired) electrons. The van der Waals surface area contributed by atoms with Gasteiger partial charge in [0.25, 0.3) is 0 Å². The molecule has 0 bridgehead atoms. The summed E-state index contributed by atoms with van der Waals surface area (Å²) in [6, 6.07) is 3.65. The second-order valence-electron chi connectivity index (χ2n) is 3.43. The smallest absolute Gasteiger partial charge is 0.150 e. The minimum atomic E-state index is -1.00. The summed E-state index contributed by atoms with van der Waals surface area (Å²) in [7, 11) is -1.00. The first-order valence-electron chi connectivity index (χ1n) is 4.69. The van der Waals surface area contributed by atoms with E-state index in [1.807, 2.05) is 13.0 Å². The highest BCUT2D eigenvalue weighted by Gasteiger charge is 2.23. The summed E-state index contributed by atoms with van der Waals surface area (Å²) in [5.74, 6) is 0. The molecule has 1 N–H and O–H groups in total. The van der Waals surface area contributed by atoms with Crippen molar-refractivity contribution in [2.75, 3.05) is 13.1 Å². The van der Waals surface area contributed by atoms with Gasteiger partial charge in [-0.15, -0.1) is 5.10 Å². The normalized spacial score (nSPS) is 23.6. The van der Waals surface area contributed by atoms with Crippen molar-refractivity contribution in [2.24, 2.45) is 0 Å². The van der Waals surface area contributed by atoms with Crippen molar-refractivity contribution in [1.29, 1.82) is 0 Å². The van der Waals surface area contributed by atoms with Crippen LogP contribution in [0.15, 0.2) is 17.2 Å². The Bertz CT molecular complexity index is 332. The van der Waals surface area contributed by atoms with E-state index >= 15 is 0 Å². The van der Waals surface area contributed by atoms with E-state index in [4.69, 9.17) is 0 Å². The van der Waals surface area contributed by atoms with E-state index in [-0.39, 0.29) is 5.25 Å². The fraction of sp³-hybridized carbons (Fsp3) is 0.556. The highest BCUT2D eigenvalue weighted by atomic mass is 32.2. The highest BCUT2D eigenvalue weighted by molar-refractivity contribution is 7.85. The van der Waals surface area contributed by atoms with Crippen LogP contribution in [0.3, 0.4) is 0 Å². The monoisotopic (exact) mass is 211 g/mol. The summed E-state index contributed by atoms with van der Waals surface area (Å²) in [6.45, 7) is 3.65. The third-order valence-corrected chi connectivity index (χ3v) is 3.94. The first-order valence-corrected chi connectivity index (χ1v) is 5.90. The Morgan fingerprint density at radius 2 is 2.36 bits per heavy atom. The average molecular weight is 211 g/mol. The van der Waals surface area contributed by atoms with Gasteiger partial charge in [0.05, 0.1) is 21.7 Å². The lowest BCUT2D eigenvalue weighted by atomic mass is 10.4. The molecule has 14 heavy (non-hydrogen) atoms. The third kappa shape index (κ3) is 1.99. The van der Waals surface area contributed by atoms with Gasteiger partial charge in [-0.1, -0.05) is 0 Å². The van der Waals surface area contributed by atoms with Crippen LogP contribution >= 0.6 is 0 Å². The number of hydrogen-bond donors (Lipinski definition) is 1. The molecule has 4 nitrogen and oxygen atoms in total. The minimum absolute atomic E-state index is 0.201. The maximum absolute atomic E-state index is 11.9. The fourth-order valence-electron chi connectivity index (χ4n) is 1.48. The topological polar surface area (TPSA) is 54.9 Å². The number of hydrogen-bond acceptors (Lipinski definition) is 4. The molecule has 0 saturated carbocycles.